The molecular formula is C13H18N2O5. The number of nitrogen functional groups attached to an aromatic ring is 1. The van der Waals surface area contributed by atoms with Crippen molar-refractivity contribution in [1.82, 2.24) is 0 Å². The van der Waals surface area contributed by atoms with E-state index < -0.39 is 12.2 Å². The van der Waals surface area contributed by atoms with Gasteiger partial charge < -0.3 is 30.4 Å². The smallest absolute Gasteiger partial charge is 0.255 e. The number of rotatable bonds is 5. The van der Waals surface area contributed by atoms with Gasteiger partial charge in [-0.15, -0.1) is 0 Å². The lowest BCUT2D eigenvalue weighted by molar-refractivity contribution is -0.183. The summed E-state index contributed by atoms with van der Waals surface area (Å²) in [6, 6.07) is 3.39. The highest BCUT2D eigenvalue weighted by molar-refractivity contribution is 5.76. The van der Waals surface area contributed by atoms with E-state index in [-0.39, 0.29) is 12.4 Å². The van der Waals surface area contributed by atoms with Crippen molar-refractivity contribution < 1.29 is 23.7 Å². The first-order valence-electron chi connectivity index (χ1n) is 6.23. The number of ether oxygens (including phenoxy) is 4. The molecule has 1 fully saturated rings. The Morgan fingerprint density at radius 3 is 2.70 bits per heavy atom. The topological polar surface area (TPSA) is 106 Å². The molecule has 0 aromatic heterocycles. The maximum absolute atomic E-state index is 10.8. The number of primary amides is 1. The predicted molar refractivity (Wildman–Crippen MR) is 71.4 cm³/mol. The van der Waals surface area contributed by atoms with Gasteiger partial charge in [0.05, 0.1) is 26.0 Å². The minimum absolute atomic E-state index is 0.268. The van der Waals surface area contributed by atoms with Crippen LogP contribution in [0.15, 0.2) is 12.1 Å². The Kier molecular flexibility index (Phi) is 4.65. The zero-order valence-electron chi connectivity index (χ0n) is 11.3. The van der Waals surface area contributed by atoms with E-state index in [4.69, 9.17) is 30.4 Å². The number of carbonyl (C=O) groups excluding carboxylic acids is 1. The Morgan fingerprint density at radius 1 is 1.40 bits per heavy atom. The zero-order valence-corrected chi connectivity index (χ0v) is 11.3. The molecule has 4 N–H and O–H groups in total. The number of carbonyl (C=O) groups is 1. The Labute approximate surface area is 116 Å². The molecule has 0 atom stereocenters. The van der Waals surface area contributed by atoms with Crippen molar-refractivity contribution in [2.24, 2.45) is 5.73 Å². The highest BCUT2D eigenvalue weighted by Crippen LogP contribution is 2.38. The maximum atomic E-state index is 10.8. The van der Waals surface area contributed by atoms with Crippen LogP contribution in [0.3, 0.4) is 0 Å². The summed E-state index contributed by atoms with van der Waals surface area (Å²) in [4.78, 5) is 10.8. The molecule has 1 aromatic carbocycles. The van der Waals surface area contributed by atoms with Crippen LogP contribution in [0.1, 0.15) is 18.3 Å². The predicted octanol–water partition coefficient (Wildman–Crippen LogP) is 0.577. The van der Waals surface area contributed by atoms with Crippen molar-refractivity contribution in [3.05, 3.63) is 17.7 Å². The van der Waals surface area contributed by atoms with E-state index in [1.165, 1.54) is 7.11 Å². The Balaban J connectivity index is 2.24. The summed E-state index contributed by atoms with van der Waals surface area (Å²) in [5, 5.41) is 0. The van der Waals surface area contributed by atoms with Gasteiger partial charge in [-0.3, -0.25) is 4.79 Å². The van der Waals surface area contributed by atoms with E-state index >= 15 is 0 Å². The molecule has 1 amide bonds. The minimum atomic E-state index is -0.588. The lowest BCUT2D eigenvalue weighted by Gasteiger charge is -2.24. The highest BCUT2D eigenvalue weighted by atomic mass is 16.7. The highest BCUT2D eigenvalue weighted by Gasteiger charge is 2.21. The molecule has 0 saturated carbocycles. The molecule has 0 spiro atoms. The van der Waals surface area contributed by atoms with E-state index in [0.29, 0.717) is 24.7 Å². The van der Waals surface area contributed by atoms with E-state index in [9.17, 15) is 4.79 Å². The number of nitrogens with two attached hydrogens (primary N) is 2. The summed E-state index contributed by atoms with van der Waals surface area (Å²) < 4.78 is 21.5. The van der Waals surface area contributed by atoms with Gasteiger partial charge in [0, 0.05) is 5.56 Å². The molecule has 1 saturated heterocycles. The normalized spacial score (nSPS) is 15.8. The fourth-order valence-corrected chi connectivity index (χ4v) is 1.91. The van der Waals surface area contributed by atoms with Crippen LogP contribution in [-0.2, 0) is 14.3 Å². The quantitative estimate of drug-likeness (QED) is 0.765. The van der Waals surface area contributed by atoms with Crippen LogP contribution in [0, 0.1) is 0 Å². The lowest BCUT2D eigenvalue weighted by atomic mass is 10.1. The molecule has 1 heterocycles. The first kappa shape index (κ1) is 14.4. The van der Waals surface area contributed by atoms with Gasteiger partial charge in [-0.1, -0.05) is 0 Å². The number of anilines is 1. The van der Waals surface area contributed by atoms with Crippen molar-refractivity contribution in [1.29, 1.82) is 0 Å². The van der Waals surface area contributed by atoms with Gasteiger partial charge in [-0.2, -0.15) is 0 Å². The molecule has 20 heavy (non-hydrogen) atoms. The number of hydrogen-bond donors (Lipinski definition) is 2. The Bertz CT molecular complexity index is 486. The van der Waals surface area contributed by atoms with Crippen LogP contribution in [0.2, 0.25) is 0 Å². The third-order valence-electron chi connectivity index (χ3n) is 2.78. The summed E-state index contributed by atoms with van der Waals surface area (Å²) >= 11 is 0. The van der Waals surface area contributed by atoms with Crippen LogP contribution in [0.4, 0.5) is 5.69 Å². The maximum Gasteiger partial charge on any atom is 0.255 e. The molecule has 2 rings (SSSR count). The van der Waals surface area contributed by atoms with Gasteiger partial charge in [0.2, 0.25) is 0 Å². The second-order valence-electron chi connectivity index (χ2n) is 4.32. The third kappa shape index (κ3) is 3.31. The van der Waals surface area contributed by atoms with Gasteiger partial charge in [-0.05, 0) is 18.6 Å². The molecule has 7 heteroatoms. The van der Waals surface area contributed by atoms with Gasteiger partial charge in [0.1, 0.15) is 0 Å². The molecule has 7 nitrogen and oxygen atoms in total. The van der Waals surface area contributed by atoms with E-state index in [2.05, 4.69) is 0 Å². The third-order valence-corrected chi connectivity index (χ3v) is 2.78. The number of benzene rings is 1. The Hall–Kier alpha value is -1.99. The van der Waals surface area contributed by atoms with Gasteiger partial charge >= 0.3 is 0 Å². The molecule has 0 radical (unpaired) electrons. The van der Waals surface area contributed by atoms with Gasteiger partial charge in [0.25, 0.3) is 5.91 Å². The summed E-state index contributed by atoms with van der Waals surface area (Å²) in [6.07, 6.45) is 0.397. The van der Waals surface area contributed by atoms with Crippen LogP contribution in [-0.4, -0.2) is 32.8 Å². The van der Waals surface area contributed by atoms with Crippen molar-refractivity contribution in [3.8, 4) is 11.5 Å². The second-order valence-corrected chi connectivity index (χ2v) is 4.32. The fraction of sp³-hybridized carbons (Fsp3) is 0.462. The number of methoxy groups -OCH3 is 1. The number of amides is 1. The van der Waals surface area contributed by atoms with E-state index in [1.807, 2.05) is 0 Å². The lowest BCUT2D eigenvalue weighted by Crippen LogP contribution is -2.21. The van der Waals surface area contributed by atoms with Crippen LogP contribution in [0.25, 0.3) is 0 Å². The van der Waals surface area contributed by atoms with Gasteiger partial charge in [-0.25, -0.2) is 0 Å². The van der Waals surface area contributed by atoms with Gasteiger partial charge in [0.15, 0.2) is 24.4 Å². The zero-order chi connectivity index (χ0) is 14.5. The molecule has 0 unspecified atom stereocenters. The molecule has 1 aliphatic heterocycles. The molecule has 0 bridgehead atoms. The van der Waals surface area contributed by atoms with Crippen molar-refractivity contribution >= 4 is 11.6 Å². The minimum Gasteiger partial charge on any atom is -0.493 e. The number of hydrogen-bond acceptors (Lipinski definition) is 6. The average molecular weight is 282 g/mol. The average Bonchev–Trinajstić information content (AvgIpc) is 2.46. The van der Waals surface area contributed by atoms with Crippen molar-refractivity contribution in [3.63, 3.8) is 0 Å². The van der Waals surface area contributed by atoms with Crippen LogP contribution in [0.5, 0.6) is 11.5 Å². The first-order valence-corrected chi connectivity index (χ1v) is 6.23. The summed E-state index contributed by atoms with van der Waals surface area (Å²) in [5.41, 5.74) is 12.0. The SMILES string of the molecule is COc1cc(C2OCCCO2)cc(N)c1OCC(N)=O. The molecule has 0 aliphatic carbocycles. The first-order chi connectivity index (χ1) is 9.61. The standard InChI is InChI=1S/C13H18N2O5/c1-17-10-6-8(13-18-3-2-4-19-13)5-9(14)12(10)20-7-11(15)16/h5-6,13H,2-4,7,14H2,1H3,(H2,15,16). The Morgan fingerprint density at radius 2 is 2.10 bits per heavy atom. The fourth-order valence-electron chi connectivity index (χ4n) is 1.91. The van der Waals surface area contributed by atoms with E-state index in [1.54, 1.807) is 12.1 Å². The summed E-state index contributed by atoms with van der Waals surface area (Å²) in [5.74, 6) is 0.0966. The second kappa shape index (κ2) is 6.44. The monoisotopic (exact) mass is 282 g/mol. The molecule has 110 valence electrons. The molecule has 1 aromatic rings. The molecule has 1 aliphatic rings. The van der Waals surface area contributed by atoms with Crippen molar-refractivity contribution in [2.45, 2.75) is 12.7 Å². The van der Waals surface area contributed by atoms with E-state index in [0.717, 1.165) is 12.0 Å². The largest absolute Gasteiger partial charge is 0.493 e. The van der Waals surface area contributed by atoms with Crippen LogP contribution < -0.4 is 20.9 Å². The summed E-state index contributed by atoms with van der Waals surface area (Å²) in [7, 11) is 1.48. The summed E-state index contributed by atoms with van der Waals surface area (Å²) in [6.45, 7) is 0.996. The van der Waals surface area contributed by atoms with Crippen molar-refractivity contribution in [2.75, 3.05) is 32.7 Å². The van der Waals surface area contributed by atoms with Crippen LogP contribution >= 0.6 is 0 Å². The molecular weight excluding hydrogens is 264 g/mol.